The van der Waals surface area contributed by atoms with Gasteiger partial charge in [-0.25, -0.2) is 0 Å². The van der Waals surface area contributed by atoms with Crippen LogP contribution in [-0.4, -0.2) is 30.9 Å². The van der Waals surface area contributed by atoms with E-state index >= 15 is 0 Å². The Morgan fingerprint density at radius 3 is 1.50 bits per heavy atom. The first-order chi connectivity index (χ1) is 26.4. The summed E-state index contributed by atoms with van der Waals surface area (Å²) in [6.45, 7) is 3.55. The molecule has 0 heterocycles. The molecule has 0 spiro atoms. The van der Waals surface area contributed by atoms with Crippen molar-refractivity contribution in [1.82, 2.24) is 0 Å². The van der Waals surface area contributed by atoms with E-state index in [4.69, 9.17) is 5.73 Å². The SMILES string of the molecule is Cc1cc(-c2ccc(N=Nc3c(S(=O)(=O)O)cc4cc(S(=O)(=O)O)c(N=Nc5ccc([N+](=O)[O-])cc5)c(N)c4c3[O-])c(C)c2)ccc1N=Nc1ccc([O-])cc1.[Na+].[Na+]. The van der Waals surface area contributed by atoms with Gasteiger partial charge in [-0.15, -0.1) is 16.0 Å². The Morgan fingerprint density at radius 1 is 0.603 bits per heavy atom. The molecule has 58 heavy (non-hydrogen) atoms. The summed E-state index contributed by atoms with van der Waals surface area (Å²) in [6, 6.07) is 22.5. The zero-order chi connectivity index (χ0) is 40.5. The molecule has 0 radical (unpaired) electrons. The van der Waals surface area contributed by atoms with Gasteiger partial charge in [-0.3, -0.25) is 19.2 Å². The molecule has 4 N–H and O–H groups in total. The number of rotatable bonds is 10. The molecule has 0 bridgehead atoms. The van der Waals surface area contributed by atoms with Gasteiger partial charge < -0.3 is 15.9 Å². The van der Waals surface area contributed by atoms with Crippen LogP contribution in [0.15, 0.2) is 138 Å². The van der Waals surface area contributed by atoms with E-state index in [1.54, 1.807) is 43.3 Å². The average Bonchev–Trinajstić information content (AvgIpc) is 3.13. The number of nitro groups is 1. The van der Waals surface area contributed by atoms with Crippen molar-refractivity contribution in [3.05, 3.63) is 118 Å². The molecule has 0 fully saturated rings. The van der Waals surface area contributed by atoms with Crippen LogP contribution in [0.25, 0.3) is 21.9 Å². The van der Waals surface area contributed by atoms with Crippen molar-refractivity contribution in [3.63, 3.8) is 0 Å². The van der Waals surface area contributed by atoms with E-state index in [-0.39, 0.29) is 81.9 Å². The molecule has 6 aromatic rings. The van der Waals surface area contributed by atoms with E-state index in [0.29, 0.717) is 16.9 Å². The molecule has 0 aromatic heterocycles. The smallest absolute Gasteiger partial charge is 0.872 e. The van der Waals surface area contributed by atoms with Crippen molar-refractivity contribution < 1.29 is 100 Å². The zero-order valence-corrected chi connectivity index (χ0v) is 36.6. The van der Waals surface area contributed by atoms with Crippen LogP contribution in [0.1, 0.15) is 11.1 Å². The second kappa shape index (κ2) is 18.3. The summed E-state index contributed by atoms with van der Waals surface area (Å²) in [5.41, 5.74) is 8.04. The largest absolute Gasteiger partial charge is 1.00 e. The van der Waals surface area contributed by atoms with Crippen LogP contribution >= 0.6 is 0 Å². The van der Waals surface area contributed by atoms with E-state index in [1.807, 2.05) is 19.1 Å². The third-order valence-corrected chi connectivity index (χ3v) is 10.0. The number of nitrogens with zero attached hydrogens (tertiary/aromatic N) is 7. The van der Waals surface area contributed by atoms with Crippen molar-refractivity contribution in [2.45, 2.75) is 23.6 Å². The number of azo groups is 3. The first kappa shape index (κ1) is 45.7. The first-order valence-corrected chi connectivity index (χ1v) is 18.8. The number of benzene rings is 6. The third kappa shape index (κ3) is 10.2. The quantitative estimate of drug-likeness (QED) is 0.0450. The maximum atomic E-state index is 13.9. The monoisotopic (exact) mass is 840 g/mol. The summed E-state index contributed by atoms with van der Waals surface area (Å²) in [6.07, 6.45) is 0. The molecule has 6 aromatic carbocycles. The van der Waals surface area contributed by atoms with Gasteiger partial charge in [0.25, 0.3) is 25.9 Å². The molecule has 0 atom stereocenters. The van der Waals surface area contributed by atoms with Crippen LogP contribution in [0.4, 0.5) is 45.5 Å². The number of aryl methyl sites for hydroxylation is 2. The van der Waals surface area contributed by atoms with Gasteiger partial charge in [0.05, 0.1) is 39.0 Å². The van der Waals surface area contributed by atoms with Gasteiger partial charge in [-0.2, -0.15) is 37.3 Å². The van der Waals surface area contributed by atoms with E-state index in [1.165, 1.54) is 24.3 Å². The van der Waals surface area contributed by atoms with Crippen LogP contribution in [0, 0.1) is 24.0 Å². The number of fused-ring (bicyclic) bond motifs is 1. The Bertz CT molecular complexity index is 2890. The minimum atomic E-state index is -5.18. The number of hydrogen-bond acceptors (Lipinski definition) is 15. The maximum absolute atomic E-state index is 13.9. The number of nitro benzene ring substituents is 1. The van der Waals surface area contributed by atoms with Crippen molar-refractivity contribution in [3.8, 4) is 22.6 Å². The summed E-state index contributed by atoms with van der Waals surface area (Å²) < 4.78 is 69.7. The molecule has 284 valence electrons. The molecule has 0 saturated carbocycles. The van der Waals surface area contributed by atoms with Gasteiger partial charge in [0.2, 0.25) is 0 Å². The molecule has 0 unspecified atom stereocenters. The van der Waals surface area contributed by atoms with E-state index in [0.717, 1.165) is 41.0 Å². The topological polar surface area (TPSA) is 298 Å². The predicted octanol–water partition coefficient (Wildman–Crippen LogP) is 2.51. The van der Waals surface area contributed by atoms with Crippen molar-refractivity contribution in [1.29, 1.82) is 0 Å². The molecule has 18 nitrogen and oxygen atoms in total. The maximum Gasteiger partial charge on any atom is 1.00 e. The summed E-state index contributed by atoms with van der Waals surface area (Å²) in [5.74, 6) is -1.32. The molecule has 0 aliphatic carbocycles. The van der Waals surface area contributed by atoms with Crippen molar-refractivity contribution in [2.24, 2.45) is 30.7 Å². The number of non-ortho nitro benzene ring substituents is 1. The third-order valence-electron chi connectivity index (χ3n) is 8.27. The van der Waals surface area contributed by atoms with Gasteiger partial charge in [-0.05, 0) is 102 Å². The fraction of sp³-hybridized carbons (Fsp3) is 0.0556. The van der Waals surface area contributed by atoms with Gasteiger partial charge in [0.1, 0.15) is 15.5 Å². The number of hydrogen-bond donors (Lipinski definition) is 3. The van der Waals surface area contributed by atoms with Gasteiger partial charge in [-0.1, -0.05) is 30.0 Å². The fourth-order valence-electron chi connectivity index (χ4n) is 5.46. The Hall–Kier alpha value is -5.00. The Kier molecular flexibility index (Phi) is 14.4. The van der Waals surface area contributed by atoms with Crippen LogP contribution in [-0.2, 0) is 20.2 Å². The van der Waals surface area contributed by atoms with Crippen LogP contribution < -0.4 is 75.1 Å². The Balaban J connectivity index is 0.00000372. The predicted molar refractivity (Wildman–Crippen MR) is 200 cm³/mol. The minimum Gasteiger partial charge on any atom is -0.872 e. The van der Waals surface area contributed by atoms with Gasteiger partial charge >= 0.3 is 59.1 Å². The molecule has 0 aliphatic heterocycles. The molecule has 0 amide bonds. The van der Waals surface area contributed by atoms with Crippen molar-refractivity contribution >= 4 is 76.5 Å². The normalized spacial score (nSPS) is 11.9. The van der Waals surface area contributed by atoms with Crippen LogP contribution in [0.3, 0.4) is 0 Å². The molecule has 22 heteroatoms. The average molecular weight is 841 g/mol. The standard InChI is InChI=1S/C36H28N8O10S2.2Na/c1-19-15-21(3-13-28(19)40-38-25-7-11-27(45)12-8-25)22-4-14-29(20(2)16-22)41-43-35-31(56(52,53)54)18-23-17-30(55(49,50)51)34(33(37)32(23)36(35)46)42-39-24-5-9-26(10-6-24)44(47)48;;/h3-18,45-46H,37H2,1-2H3,(H,49,50,51)(H,52,53,54);;/q;2*+1/p-2. The molecule has 0 saturated heterocycles. The van der Waals surface area contributed by atoms with E-state index in [2.05, 4.69) is 30.7 Å². The van der Waals surface area contributed by atoms with Crippen LogP contribution in [0.5, 0.6) is 11.5 Å². The molecular formula is C36H26N8Na2O10S2. The number of nitrogens with two attached hydrogens (primary N) is 1. The summed E-state index contributed by atoms with van der Waals surface area (Å²) >= 11 is 0. The summed E-state index contributed by atoms with van der Waals surface area (Å²) in [7, 11) is -10.3. The van der Waals surface area contributed by atoms with E-state index < -0.39 is 68.5 Å². The molecule has 0 aliphatic rings. The second-order valence-electron chi connectivity index (χ2n) is 12.1. The summed E-state index contributed by atoms with van der Waals surface area (Å²) in [4.78, 5) is 8.34. The zero-order valence-electron chi connectivity index (χ0n) is 30.9. The fourth-order valence-corrected chi connectivity index (χ4v) is 6.78. The molecular weight excluding hydrogens is 815 g/mol. The Morgan fingerprint density at radius 2 is 1.03 bits per heavy atom. The first-order valence-electron chi connectivity index (χ1n) is 15.9. The van der Waals surface area contributed by atoms with Gasteiger partial charge in [0.15, 0.2) is 0 Å². The van der Waals surface area contributed by atoms with Crippen molar-refractivity contribution in [2.75, 3.05) is 5.73 Å². The minimum absolute atomic E-state index is 0. The number of nitrogen functional groups attached to an aromatic ring is 1. The van der Waals surface area contributed by atoms with Crippen LogP contribution in [0.2, 0.25) is 0 Å². The second-order valence-corrected chi connectivity index (χ2v) is 14.9. The van der Waals surface area contributed by atoms with E-state index in [9.17, 15) is 46.3 Å². The Labute approximate surface area is 374 Å². The number of anilines is 1. The summed E-state index contributed by atoms with van der Waals surface area (Å²) in [5, 5.41) is 59.3. The molecule has 6 rings (SSSR count). The van der Waals surface area contributed by atoms with Gasteiger partial charge in [0, 0.05) is 17.5 Å².